The minimum absolute atomic E-state index is 0.0565. The maximum absolute atomic E-state index is 6.59. The molecule has 1 aliphatic rings. The third kappa shape index (κ3) is 4.32. The van der Waals surface area contributed by atoms with E-state index in [0.717, 1.165) is 25.3 Å². The molecule has 1 aliphatic heterocycles. The van der Waals surface area contributed by atoms with Crippen LogP contribution in [0.2, 0.25) is 18.1 Å². The van der Waals surface area contributed by atoms with E-state index in [4.69, 9.17) is 9.16 Å². The van der Waals surface area contributed by atoms with Crippen LogP contribution in [0.4, 0.5) is 0 Å². The van der Waals surface area contributed by atoms with Crippen molar-refractivity contribution in [2.24, 2.45) is 0 Å². The molecule has 0 atom stereocenters. The van der Waals surface area contributed by atoms with Crippen molar-refractivity contribution in [3.63, 3.8) is 0 Å². The van der Waals surface area contributed by atoms with Gasteiger partial charge in [0.05, 0.1) is 18.9 Å². The van der Waals surface area contributed by atoms with Crippen LogP contribution in [0.15, 0.2) is 10.8 Å². The lowest BCUT2D eigenvalue weighted by molar-refractivity contribution is -0.0772. The van der Waals surface area contributed by atoms with Gasteiger partial charge in [0.15, 0.2) is 8.32 Å². The molecule has 0 radical (unpaired) electrons. The summed E-state index contributed by atoms with van der Waals surface area (Å²) >= 11 is 3.32. The van der Waals surface area contributed by atoms with Crippen LogP contribution in [0.5, 0.6) is 5.88 Å². The first-order valence-corrected chi connectivity index (χ1v) is 11.6. The van der Waals surface area contributed by atoms with Gasteiger partial charge in [0.2, 0.25) is 5.88 Å². The van der Waals surface area contributed by atoms with E-state index in [0.29, 0.717) is 10.5 Å². The molecule has 1 fully saturated rings. The highest BCUT2D eigenvalue weighted by atomic mass is 79.9. The molecule has 23 heavy (non-hydrogen) atoms. The summed E-state index contributed by atoms with van der Waals surface area (Å²) in [6.07, 6.45) is 1.71. The second-order valence-corrected chi connectivity index (χ2v) is 13.6. The fourth-order valence-corrected chi connectivity index (χ4v) is 4.64. The van der Waals surface area contributed by atoms with Crippen LogP contribution >= 0.6 is 15.9 Å². The van der Waals surface area contributed by atoms with Gasteiger partial charge in [0.25, 0.3) is 0 Å². The summed E-state index contributed by atoms with van der Waals surface area (Å²) < 4.78 is 12.6. The lowest BCUT2D eigenvalue weighted by Crippen LogP contribution is -2.65. The molecule has 0 aromatic carbocycles. The van der Waals surface area contributed by atoms with Crippen LogP contribution in [0.25, 0.3) is 0 Å². The fourth-order valence-electron chi connectivity index (χ4n) is 2.71. The molecule has 0 saturated carbocycles. The molecule has 2 rings (SSSR count). The average Bonchev–Trinajstić information content (AvgIpc) is 2.36. The lowest BCUT2D eigenvalue weighted by atomic mass is 9.97. The number of aromatic nitrogens is 2. The minimum Gasteiger partial charge on any atom is -0.480 e. The quantitative estimate of drug-likeness (QED) is 0.701. The van der Waals surface area contributed by atoms with Gasteiger partial charge >= 0.3 is 0 Å². The van der Waals surface area contributed by atoms with Crippen molar-refractivity contribution in [3.05, 3.63) is 16.5 Å². The Bertz CT molecular complexity index is 569. The Morgan fingerprint density at radius 2 is 1.96 bits per heavy atom. The van der Waals surface area contributed by atoms with Crippen LogP contribution in [0.3, 0.4) is 0 Å². The summed E-state index contributed by atoms with van der Waals surface area (Å²) in [5.41, 5.74) is 0.809. The van der Waals surface area contributed by atoms with Gasteiger partial charge < -0.3 is 9.16 Å². The minimum atomic E-state index is -1.74. The van der Waals surface area contributed by atoms with Gasteiger partial charge in [-0.2, -0.15) is 0 Å². The van der Waals surface area contributed by atoms with E-state index in [-0.39, 0.29) is 10.6 Å². The largest absolute Gasteiger partial charge is 0.480 e. The number of halogens is 1. The molecule has 0 unspecified atom stereocenters. The van der Waals surface area contributed by atoms with E-state index in [1.165, 1.54) is 0 Å². The number of ether oxygens (including phenoxy) is 1. The van der Waals surface area contributed by atoms with Crippen LogP contribution in [0.1, 0.15) is 33.4 Å². The smallest absolute Gasteiger partial charge is 0.237 e. The predicted molar refractivity (Wildman–Crippen MR) is 98.2 cm³/mol. The Hall–Kier alpha value is -0.503. The molecule has 5 nitrogen and oxygen atoms in total. The van der Waals surface area contributed by atoms with Crippen molar-refractivity contribution in [1.29, 1.82) is 0 Å². The zero-order valence-corrected chi connectivity index (χ0v) is 17.8. The highest BCUT2D eigenvalue weighted by molar-refractivity contribution is 9.10. The molecule has 0 N–H and O–H groups in total. The fraction of sp³-hybridized carbons (Fsp3) is 0.750. The molecule has 1 aromatic rings. The zero-order valence-electron chi connectivity index (χ0n) is 15.2. The molecule has 130 valence electrons. The number of methoxy groups -OCH3 is 1. The van der Waals surface area contributed by atoms with Crippen LogP contribution < -0.4 is 4.74 Å². The van der Waals surface area contributed by atoms with Gasteiger partial charge in [-0.25, -0.2) is 4.98 Å². The van der Waals surface area contributed by atoms with Crippen molar-refractivity contribution < 1.29 is 9.16 Å². The summed E-state index contributed by atoms with van der Waals surface area (Å²) in [5, 5.41) is 0.233. The first-order chi connectivity index (χ1) is 10.5. The second-order valence-electron chi connectivity index (χ2n) is 8.11. The van der Waals surface area contributed by atoms with Crippen molar-refractivity contribution in [1.82, 2.24) is 14.9 Å². The van der Waals surface area contributed by atoms with Gasteiger partial charge in [-0.05, 0) is 41.0 Å². The first-order valence-electron chi connectivity index (χ1n) is 7.94. The van der Waals surface area contributed by atoms with Gasteiger partial charge in [-0.3, -0.25) is 9.88 Å². The zero-order chi connectivity index (χ0) is 17.5. The third-order valence-electron chi connectivity index (χ3n) is 4.77. The standard InChI is InChI=1S/C16H28BrN3O2Si/c1-15(2,3)23(6,7)22-16(4)10-20(11-16)9-12-14(21-5)19-13(17)8-18-12/h8H,9-11H2,1-7H3. The summed E-state index contributed by atoms with van der Waals surface area (Å²) in [4.78, 5) is 11.1. The second kappa shape index (κ2) is 6.42. The molecule has 2 heterocycles. The highest BCUT2D eigenvalue weighted by Gasteiger charge is 2.48. The maximum Gasteiger partial charge on any atom is 0.237 e. The Kier molecular flexibility index (Phi) is 5.26. The summed E-state index contributed by atoms with van der Waals surface area (Å²) in [6, 6.07) is 0. The Balaban J connectivity index is 1.97. The Morgan fingerprint density at radius 3 is 2.48 bits per heavy atom. The van der Waals surface area contributed by atoms with Crippen molar-refractivity contribution >= 4 is 24.2 Å². The number of hydrogen-bond donors (Lipinski definition) is 0. The summed E-state index contributed by atoms with van der Waals surface area (Å²) in [6.45, 7) is 16.2. The number of nitrogens with zero attached hydrogens (tertiary/aromatic N) is 3. The number of hydrogen-bond acceptors (Lipinski definition) is 5. The van der Waals surface area contributed by atoms with Gasteiger partial charge in [-0.15, -0.1) is 0 Å². The average molecular weight is 402 g/mol. The molecule has 1 aromatic heterocycles. The normalized spacial score (nSPS) is 18.6. The van der Waals surface area contributed by atoms with Crippen molar-refractivity contribution in [2.75, 3.05) is 20.2 Å². The third-order valence-corrected chi connectivity index (χ3v) is 9.77. The predicted octanol–water partition coefficient (Wildman–Crippen LogP) is 3.84. The van der Waals surface area contributed by atoms with Gasteiger partial charge in [0.1, 0.15) is 10.3 Å². The molecule has 0 aliphatic carbocycles. The van der Waals surface area contributed by atoms with Crippen LogP contribution in [-0.2, 0) is 11.0 Å². The highest BCUT2D eigenvalue weighted by Crippen LogP contribution is 2.41. The van der Waals surface area contributed by atoms with E-state index in [1.807, 2.05) is 0 Å². The van der Waals surface area contributed by atoms with Gasteiger partial charge in [0, 0.05) is 19.6 Å². The van der Waals surface area contributed by atoms with Crippen LogP contribution in [-0.4, -0.2) is 49.0 Å². The lowest BCUT2D eigenvalue weighted by Gasteiger charge is -2.53. The molecule has 1 saturated heterocycles. The molecular formula is C16H28BrN3O2Si. The summed E-state index contributed by atoms with van der Waals surface area (Å²) in [7, 11) is -0.117. The van der Waals surface area contributed by atoms with E-state index in [1.54, 1.807) is 13.3 Å². The van der Waals surface area contributed by atoms with Crippen LogP contribution in [0, 0.1) is 0 Å². The molecule has 0 bridgehead atoms. The number of likely N-dealkylation sites (tertiary alicyclic amines) is 1. The van der Waals surface area contributed by atoms with E-state index >= 15 is 0 Å². The molecule has 0 amide bonds. The summed E-state index contributed by atoms with van der Waals surface area (Å²) in [5.74, 6) is 0.582. The maximum atomic E-state index is 6.59. The van der Waals surface area contributed by atoms with E-state index in [9.17, 15) is 0 Å². The topological polar surface area (TPSA) is 47.5 Å². The van der Waals surface area contributed by atoms with E-state index < -0.39 is 8.32 Å². The Labute approximate surface area is 149 Å². The molecular weight excluding hydrogens is 374 g/mol. The molecule has 0 spiro atoms. The Morgan fingerprint density at radius 1 is 1.35 bits per heavy atom. The SMILES string of the molecule is COc1nc(Br)cnc1CN1CC(C)(O[Si](C)(C)C(C)(C)C)C1. The van der Waals surface area contributed by atoms with Crippen molar-refractivity contribution in [2.45, 2.75) is 58.0 Å². The molecule has 7 heteroatoms. The van der Waals surface area contributed by atoms with Crippen molar-refractivity contribution in [3.8, 4) is 5.88 Å². The first kappa shape index (κ1) is 18.8. The monoisotopic (exact) mass is 401 g/mol. The van der Waals surface area contributed by atoms with Gasteiger partial charge in [-0.1, -0.05) is 20.8 Å². The van der Waals surface area contributed by atoms with E-state index in [2.05, 4.69) is 71.6 Å². The number of rotatable bonds is 5.